The lowest BCUT2D eigenvalue weighted by Gasteiger charge is -2.14. The van der Waals surface area contributed by atoms with Crippen LogP contribution in [-0.4, -0.2) is 0 Å². The average Bonchev–Trinajstić information content (AvgIpc) is 2.90. The van der Waals surface area contributed by atoms with E-state index >= 15 is 0 Å². The molecule has 0 spiro atoms. The maximum atomic E-state index is 2.31. The average molecular weight is 236 g/mol. The van der Waals surface area contributed by atoms with Gasteiger partial charge >= 0.3 is 0 Å². The molecule has 2 atom stereocenters. The lowest BCUT2D eigenvalue weighted by atomic mass is 9.91. The summed E-state index contributed by atoms with van der Waals surface area (Å²) < 4.78 is 0. The molecule has 0 aromatic heterocycles. The fourth-order valence-electron chi connectivity index (χ4n) is 3.34. The van der Waals surface area contributed by atoms with E-state index < -0.39 is 0 Å². The second-order valence-corrected chi connectivity index (χ2v) is 5.47. The minimum absolute atomic E-state index is 0.760. The van der Waals surface area contributed by atoms with Gasteiger partial charge in [-0.25, -0.2) is 0 Å². The van der Waals surface area contributed by atoms with Crippen molar-refractivity contribution >= 4 is 0 Å². The Labute approximate surface area is 110 Å². The van der Waals surface area contributed by atoms with Crippen LogP contribution >= 0.6 is 0 Å². The number of hydrogen-bond acceptors (Lipinski definition) is 0. The Morgan fingerprint density at radius 2 is 1.44 bits per heavy atom. The Kier molecular flexibility index (Phi) is 3.19. The first-order valence-electron chi connectivity index (χ1n) is 6.95. The molecule has 0 bridgehead atoms. The Morgan fingerprint density at radius 3 is 2.22 bits per heavy atom. The summed E-state index contributed by atoms with van der Waals surface area (Å²) in [6.07, 6.45) is 3.99. The first kappa shape index (κ1) is 11.5. The minimum Gasteiger partial charge on any atom is -0.0622 e. The Balaban J connectivity index is 1.78. The molecular formula is C18H20. The van der Waals surface area contributed by atoms with Crippen LogP contribution in [0.15, 0.2) is 54.6 Å². The molecule has 1 saturated carbocycles. The zero-order valence-electron chi connectivity index (χ0n) is 11.0. The highest BCUT2D eigenvalue weighted by Gasteiger charge is 2.27. The van der Waals surface area contributed by atoms with E-state index in [0.717, 1.165) is 11.8 Å². The van der Waals surface area contributed by atoms with Crippen molar-refractivity contribution in [2.45, 2.75) is 38.0 Å². The molecule has 0 aliphatic heterocycles. The van der Waals surface area contributed by atoms with Gasteiger partial charge in [-0.05, 0) is 54.7 Å². The molecule has 18 heavy (non-hydrogen) atoms. The third kappa shape index (κ3) is 2.20. The normalized spacial score (nSPS) is 23.2. The van der Waals surface area contributed by atoms with E-state index in [2.05, 4.69) is 61.5 Å². The molecule has 0 amide bonds. The van der Waals surface area contributed by atoms with Gasteiger partial charge in [0.1, 0.15) is 0 Å². The van der Waals surface area contributed by atoms with E-state index in [1.807, 2.05) is 0 Å². The van der Waals surface area contributed by atoms with Crippen LogP contribution in [0.2, 0.25) is 0 Å². The van der Waals surface area contributed by atoms with Crippen molar-refractivity contribution in [3.05, 3.63) is 71.3 Å². The Hall–Kier alpha value is -1.56. The molecule has 92 valence electrons. The predicted octanol–water partition coefficient (Wildman–Crippen LogP) is 5.05. The first-order chi connectivity index (χ1) is 8.84. The van der Waals surface area contributed by atoms with E-state index in [0.29, 0.717) is 0 Å². The minimum atomic E-state index is 0.760. The molecule has 0 N–H and O–H groups in total. The largest absolute Gasteiger partial charge is 0.0622 e. The standard InChI is InChI=1S/C18H20/c1-14-7-5-6-10-18(14)17-12-11-16(13-17)15-8-3-2-4-9-15/h2-10,16-17H,11-13H2,1H3. The van der Waals surface area contributed by atoms with Gasteiger partial charge in [0.2, 0.25) is 0 Å². The molecule has 0 nitrogen and oxygen atoms in total. The van der Waals surface area contributed by atoms with Crippen LogP contribution in [0.3, 0.4) is 0 Å². The summed E-state index contributed by atoms with van der Waals surface area (Å²) in [6.45, 7) is 2.24. The molecule has 3 rings (SSSR count). The number of rotatable bonds is 2. The van der Waals surface area contributed by atoms with Crippen LogP contribution in [0.1, 0.15) is 47.8 Å². The van der Waals surface area contributed by atoms with Gasteiger partial charge in [0.05, 0.1) is 0 Å². The van der Waals surface area contributed by atoms with Crippen LogP contribution in [0.25, 0.3) is 0 Å². The highest BCUT2D eigenvalue weighted by Crippen LogP contribution is 2.44. The molecular weight excluding hydrogens is 216 g/mol. The van der Waals surface area contributed by atoms with Crippen molar-refractivity contribution in [1.82, 2.24) is 0 Å². The zero-order valence-corrected chi connectivity index (χ0v) is 11.0. The van der Waals surface area contributed by atoms with E-state index in [1.54, 1.807) is 5.56 Å². The topological polar surface area (TPSA) is 0 Å². The van der Waals surface area contributed by atoms with Crippen molar-refractivity contribution < 1.29 is 0 Å². The van der Waals surface area contributed by atoms with E-state index in [1.165, 1.54) is 30.4 Å². The second-order valence-electron chi connectivity index (χ2n) is 5.47. The van der Waals surface area contributed by atoms with Crippen LogP contribution in [0.5, 0.6) is 0 Å². The third-order valence-electron chi connectivity index (χ3n) is 4.33. The number of benzene rings is 2. The summed E-state index contributed by atoms with van der Waals surface area (Å²) in [6, 6.07) is 19.9. The molecule has 2 aromatic rings. The van der Waals surface area contributed by atoms with Gasteiger partial charge in [-0.15, -0.1) is 0 Å². The Morgan fingerprint density at radius 1 is 0.778 bits per heavy atom. The van der Waals surface area contributed by atoms with Crippen molar-refractivity contribution in [1.29, 1.82) is 0 Å². The van der Waals surface area contributed by atoms with Crippen LogP contribution in [0, 0.1) is 6.92 Å². The third-order valence-corrected chi connectivity index (χ3v) is 4.33. The smallest absolute Gasteiger partial charge is 0.0153 e. The summed E-state index contributed by atoms with van der Waals surface area (Å²) >= 11 is 0. The lowest BCUT2D eigenvalue weighted by molar-refractivity contribution is 0.683. The maximum absolute atomic E-state index is 2.31. The van der Waals surface area contributed by atoms with E-state index in [4.69, 9.17) is 0 Å². The van der Waals surface area contributed by atoms with Gasteiger partial charge in [0, 0.05) is 0 Å². The van der Waals surface area contributed by atoms with Crippen LogP contribution < -0.4 is 0 Å². The molecule has 0 heterocycles. The molecule has 0 heteroatoms. The summed E-state index contributed by atoms with van der Waals surface area (Å²) in [5.74, 6) is 1.52. The van der Waals surface area contributed by atoms with Crippen LogP contribution in [0.4, 0.5) is 0 Å². The predicted molar refractivity (Wildman–Crippen MR) is 77.0 cm³/mol. The van der Waals surface area contributed by atoms with Gasteiger partial charge in [0.15, 0.2) is 0 Å². The van der Waals surface area contributed by atoms with E-state index in [9.17, 15) is 0 Å². The lowest BCUT2D eigenvalue weighted by Crippen LogP contribution is -1.97. The van der Waals surface area contributed by atoms with Gasteiger partial charge in [-0.1, -0.05) is 54.6 Å². The molecule has 1 aliphatic rings. The molecule has 0 saturated heterocycles. The van der Waals surface area contributed by atoms with Crippen molar-refractivity contribution in [2.24, 2.45) is 0 Å². The summed E-state index contributed by atoms with van der Waals surface area (Å²) in [7, 11) is 0. The van der Waals surface area contributed by atoms with Gasteiger partial charge < -0.3 is 0 Å². The number of hydrogen-bond donors (Lipinski definition) is 0. The fourth-order valence-corrected chi connectivity index (χ4v) is 3.34. The summed E-state index contributed by atoms with van der Waals surface area (Å²) in [4.78, 5) is 0. The highest BCUT2D eigenvalue weighted by atomic mass is 14.3. The zero-order chi connectivity index (χ0) is 12.4. The van der Waals surface area contributed by atoms with Gasteiger partial charge in [0.25, 0.3) is 0 Å². The first-order valence-corrected chi connectivity index (χ1v) is 6.95. The number of aryl methyl sites for hydroxylation is 1. The SMILES string of the molecule is Cc1ccccc1C1CCC(c2ccccc2)C1. The highest BCUT2D eigenvalue weighted by molar-refractivity contribution is 5.31. The summed E-state index contributed by atoms with van der Waals surface area (Å²) in [5, 5.41) is 0. The molecule has 1 fully saturated rings. The van der Waals surface area contributed by atoms with Crippen molar-refractivity contribution in [3.8, 4) is 0 Å². The van der Waals surface area contributed by atoms with Crippen molar-refractivity contribution in [3.63, 3.8) is 0 Å². The van der Waals surface area contributed by atoms with Gasteiger partial charge in [-0.3, -0.25) is 0 Å². The van der Waals surface area contributed by atoms with Crippen molar-refractivity contribution in [2.75, 3.05) is 0 Å². The molecule has 2 unspecified atom stereocenters. The maximum Gasteiger partial charge on any atom is -0.0153 e. The molecule has 0 radical (unpaired) electrons. The summed E-state index contributed by atoms with van der Waals surface area (Å²) in [5.41, 5.74) is 4.54. The molecule has 2 aromatic carbocycles. The van der Waals surface area contributed by atoms with Crippen LogP contribution in [-0.2, 0) is 0 Å². The fraction of sp³-hybridized carbons (Fsp3) is 0.333. The van der Waals surface area contributed by atoms with Gasteiger partial charge in [-0.2, -0.15) is 0 Å². The van der Waals surface area contributed by atoms with E-state index in [-0.39, 0.29) is 0 Å². The Bertz CT molecular complexity index is 513. The molecule has 1 aliphatic carbocycles. The quantitative estimate of drug-likeness (QED) is 0.684. The monoisotopic (exact) mass is 236 g/mol. The second kappa shape index (κ2) is 4.97.